The predicted molar refractivity (Wildman–Crippen MR) is 60.8 cm³/mol. The number of aryl methyl sites for hydroxylation is 2. The Bertz CT molecular complexity index is 602. The van der Waals surface area contributed by atoms with Crippen molar-refractivity contribution in [1.29, 1.82) is 0 Å². The molecular formula is C11H12N4O. The van der Waals surface area contributed by atoms with Gasteiger partial charge in [-0.25, -0.2) is 4.98 Å². The largest absolute Gasteiger partial charge is 0.299 e. The van der Waals surface area contributed by atoms with E-state index in [9.17, 15) is 4.79 Å². The molecule has 0 atom stereocenters. The number of nitrogens with zero attached hydrogens (tertiary/aromatic N) is 4. The highest BCUT2D eigenvalue weighted by Gasteiger charge is 2.07. The van der Waals surface area contributed by atoms with E-state index in [0.717, 1.165) is 6.42 Å². The van der Waals surface area contributed by atoms with Crippen molar-refractivity contribution in [3.05, 3.63) is 22.9 Å². The van der Waals surface area contributed by atoms with Crippen LogP contribution in [0.3, 0.4) is 0 Å². The Hall–Kier alpha value is -2.09. The maximum Gasteiger partial charge on any atom is 0.264 e. The standard InChI is InChI=1S/C11H12N4O/c1-3-4-5-6-15-8-12-10-9(11(15)16)7-13-14(10)2/h1,7-8H,4-6H2,2H3. The highest BCUT2D eigenvalue weighted by molar-refractivity contribution is 5.72. The summed E-state index contributed by atoms with van der Waals surface area (Å²) in [6, 6.07) is 0. The average molecular weight is 216 g/mol. The molecule has 2 rings (SSSR count). The van der Waals surface area contributed by atoms with Gasteiger partial charge in [-0.2, -0.15) is 5.10 Å². The molecule has 0 aliphatic carbocycles. The van der Waals surface area contributed by atoms with Crippen molar-refractivity contribution < 1.29 is 0 Å². The van der Waals surface area contributed by atoms with Crippen molar-refractivity contribution >= 4 is 11.0 Å². The molecule has 0 radical (unpaired) electrons. The molecule has 0 amide bonds. The molecule has 5 nitrogen and oxygen atoms in total. The van der Waals surface area contributed by atoms with E-state index in [1.807, 2.05) is 0 Å². The summed E-state index contributed by atoms with van der Waals surface area (Å²) >= 11 is 0. The Morgan fingerprint density at radius 1 is 1.56 bits per heavy atom. The van der Waals surface area contributed by atoms with Crippen LogP contribution in [-0.4, -0.2) is 19.3 Å². The van der Waals surface area contributed by atoms with E-state index < -0.39 is 0 Å². The summed E-state index contributed by atoms with van der Waals surface area (Å²) in [5.41, 5.74) is 0.549. The van der Waals surface area contributed by atoms with Crippen molar-refractivity contribution in [1.82, 2.24) is 19.3 Å². The van der Waals surface area contributed by atoms with Crippen LogP contribution in [0.25, 0.3) is 11.0 Å². The molecule has 82 valence electrons. The van der Waals surface area contributed by atoms with Crippen LogP contribution >= 0.6 is 0 Å². The first-order valence-electron chi connectivity index (χ1n) is 5.04. The Morgan fingerprint density at radius 3 is 3.12 bits per heavy atom. The van der Waals surface area contributed by atoms with Crippen LogP contribution in [0, 0.1) is 12.3 Å². The molecule has 2 aromatic rings. The molecule has 0 aliphatic rings. The molecule has 0 saturated carbocycles. The van der Waals surface area contributed by atoms with Gasteiger partial charge in [0.05, 0.1) is 12.5 Å². The van der Waals surface area contributed by atoms with Crippen LogP contribution in [0.1, 0.15) is 12.8 Å². The van der Waals surface area contributed by atoms with Crippen LogP contribution in [0.2, 0.25) is 0 Å². The lowest BCUT2D eigenvalue weighted by Gasteiger charge is -2.03. The Labute approximate surface area is 92.7 Å². The van der Waals surface area contributed by atoms with Gasteiger partial charge in [0.25, 0.3) is 5.56 Å². The van der Waals surface area contributed by atoms with Gasteiger partial charge in [-0.15, -0.1) is 12.3 Å². The highest BCUT2D eigenvalue weighted by atomic mass is 16.1. The lowest BCUT2D eigenvalue weighted by atomic mass is 10.3. The smallest absolute Gasteiger partial charge is 0.264 e. The van der Waals surface area contributed by atoms with Gasteiger partial charge in [0.2, 0.25) is 0 Å². The van der Waals surface area contributed by atoms with Crippen LogP contribution in [0.4, 0.5) is 0 Å². The lowest BCUT2D eigenvalue weighted by molar-refractivity contribution is 0.626. The molecule has 2 aromatic heterocycles. The SMILES string of the molecule is C#CCCCn1cnc2c(cnn2C)c1=O. The molecule has 0 spiro atoms. The fourth-order valence-corrected chi connectivity index (χ4v) is 1.58. The van der Waals surface area contributed by atoms with Gasteiger partial charge in [-0.05, 0) is 6.42 Å². The maximum absolute atomic E-state index is 12.0. The number of hydrogen-bond donors (Lipinski definition) is 0. The zero-order valence-electron chi connectivity index (χ0n) is 9.05. The Balaban J connectivity index is 2.38. The molecular weight excluding hydrogens is 204 g/mol. The number of terminal acetylenes is 1. The second-order valence-corrected chi connectivity index (χ2v) is 3.56. The third kappa shape index (κ3) is 1.70. The summed E-state index contributed by atoms with van der Waals surface area (Å²) in [4.78, 5) is 16.1. The lowest BCUT2D eigenvalue weighted by Crippen LogP contribution is -2.20. The minimum atomic E-state index is -0.0601. The fraction of sp³-hybridized carbons (Fsp3) is 0.364. The molecule has 0 unspecified atom stereocenters. The first kappa shape index (κ1) is 10.4. The molecule has 0 N–H and O–H groups in total. The molecule has 0 bridgehead atoms. The van der Waals surface area contributed by atoms with Gasteiger partial charge in [-0.1, -0.05) is 0 Å². The quantitative estimate of drug-likeness (QED) is 0.556. The van der Waals surface area contributed by atoms with Crippen molar-refractivity contribution in [2.45, 2.75) is 19.4 Å². The number of rotatable bonds is 3. The van der Waals surface area contributed by atoms with E-state index in [-0.39, 0.29) is 5.56 Å². The van der Waals surface area contributed by atoms with Crippen molar-refractivity contribution in [2.24, 2.45) is 7.05 Å². The minimum absolute atomic E-state index is 0.0601. The summed E-state index contributed by atoms with van der Waals surface area (Å²) in [6.07, 6.45) is 9.69. The van der Waals surface area contributed by atoms with Gasteiger partial charge in [0.1, 0.15) is 5.39 Å². The van der Waals surface area contributed by atoms with E-state index in [4.69, 9.17) is 6.42 Å². The van der Waals surface area contributed by atoms with E-state index in [0.29, 0.717) is 24.0 Å². The number of hydrogen-bond acceptors (Lipinski definition) is 3. The number of fused-ring (bicyclic) bond motifs is 1. The average Bonchev–Trinajstić information content (AvgIpc) is 2.65. The first-order valence-corrected chi connectivity index (χ1v) is 5.04. The van der Waals surface area contributed by atoms with Gasteiger partial charge < -0.3 is 0 Å². The fourth-order valence-electron chi connectivity index (χ4n) is 1.58. The third-order valence-corrected chi connectivity index (χ3v) is 2.44. The van der Waals surface area contributed by atoms with Crippen LogP contribution < -0.4 is 5.56 Å². The van der Waals surface area contributed by atoms with E-state index in [1.54, 1.807) is 28.8 Å². The van der Waals surface area contributed by atoms with E-state index in [2.05, 4.69) is 16.0 Å². The number of aromatic nitrogens is 4. The first-order chi connectivity index (χ1) is 7.74. The summed E-state index contributed by atoms with van der Waals surface area (Å²) < 4.78 is 3.16. The normalized spacial score (nSPS) is 10.5. The van der Waals surface area contributed by atoms with Gasteiger partial charge in [-0.3, -0.25) is 14.0 Å². The third-order valence-electron chi connectivity index (χ3n) is 2.44. The summed E-state index contributed by atoms with van der Waals surface area (Å²) in [5, 5.41) is 4.55. The molecule has 0 aliphatic heterocycles. The van der Waals surface area contributed by atoms with Crippen molar-refractivity contribution in [3.8, 4) is 12.3 Å². The zero-order valence-corrected chi connectivity index (χ0v) is 9.05. The summed E-state index contributed by atoms with van der Waals surface area (Å²) in [5.74, 6) is 2.55. The second-order valence-electron chi connectivity index (χ2n) is 3.56. The molecule has 16 heavy (non-hydrogen) atoms. The predicted octanol–water partition coefficient (Wildman–Crippen LogP) is 0.543. The molecule has 0 saturated heterocycles. The monoisotopic (exact) mass is 216 g/mol. The van der Waals surface area contributed by atoms with Crippen LogP contribution in [-0.2, 0) is 13.6 Å². The summed E-state index contributed by atoms with van der Waals surface area (Å²) in [6.45, 7) is 0.598. The molecule has 0 aromatic carbocycles. The van der Waals surface area contributed by atoms with E-state index in [1.165, 1.54) is 0 Å². The van der Waals surface area contributed by atoms with Crippen LogP contribution in [0.5, 0.6) is 0 Å². The van der Waals surface area contributed by atoms with Gasteiger partial charge in [0.15, 0.2) is 5.65 Å². The highest BCUT2D eigenvalue weighted by Crippen LogP contribution is 2.03. The van der Waals surface area contributed by atoms with Gasteiger partial charge >= 0.3 is 0 Å². The van der Waals surface area contributed by atoms with E-state index >= 15 is 0 Å². The van der Waals surface area contributed by atoms with Crippen LogP contribution in [0.15, 0.2) is 17.3 Å². The maximum atomic E-state index is 12.0. The van der Waals surface area contributed by atoms with Crippen molar-refractivity contribution in [2.75, 3.05) is 0 Å². The number of unbranched alkanes of at least 4 members (excludes halogenated alkanes) is 1. The van der Waals surface area contributed by atoms with Gasteiger partial charge in [0, 0.05) is 20.0 Å². The molecule has 2 heterocycles. The topological polar surface area (TPSA) is 52.7 Å². The Kier molecular flexibility index (Phi) is 2.73. The molecule has 0 fully saturated rings. The second kappa shape index (κ2) is 4.19. The summed E-state index contributed by atoms with van der Waals surface area (Å²) in [7, 11) is 1.76. The van der Waals surface area contributed by atoms with Crippen molar-refractivity contribution in [3.63, 3.8) is 0 Å². The zero-order chi connectivity index (χ0) is 11.5. The molecule has 5 heteroatoms. The Morgan fingerprint density at radius 2 is 2.38 bits per heavy atom. The minimum Gasteiger partial charge on any atom is -0.299 e.